The molecule has 0 saturated carbocycles. The number of nitrogens with one attached hydrogen (secondary N) is 1. The summed E-state index contributed by atoms with van der Waals surface area (Å²) in [4.78, 5) is 5.72. The van der Waals surface area contributed by atoms with E-state index in [1.54, 1.807) is 11.3 Å². The van der Waals surface area contributed by atoms with Gasteiger partial charge in [-0.05, 0) is 38.0 Å². The van der Waals surface area contributed by atoms with E-state index in [0.29, 0.717) is 0 Å². The molecule has 2 aromatic rings. The first-order valence-corrected chi connectivity index (χ1v) is 6.49. The molecule has 4 heteroatoms. The Kier molecular flexibility index (Phi) is 3.64. The zero-order valence-corrected chi connectivity index (χ0v) is 11.0. The van der Waals surface area contributed by atoms with Gasteiger partial charge in [-0.15, -0.1) is 11.3 Å². The van der Waals surface area contributed by atoms with Crippen LogP contribution in [0.2, 0.25) is 0 Å². The van der Waals surface area contributed by atoms with Crippen molar-refractivity contribution in [1.82, 2.24) is 4.98 Å². The molecule has 0 unspecified atom stereocenters. The van der Waals surface area contributed by atoms with Gasteiger partial charge in [0, 0.05) is 17.1 Å². The standard InChI is InChI=1S/C13H17N3S/c1-9-10(2)17-13(16-9)15-8-7-11-3-5-12(14)6-4-11/h3-6H,7-8,14H2,1-2H3,(H,15,16). The van der Waals surface area contributed by atoms with Crippen molar-refractivity contribution in [3.8, 4) is 0 Å². The van der Waals surface area contributed by atoms with Gasteiger partial charge in [-0.25, -0.2) is 4.98 Å². The Balaban J connectivity index is 1.85. The molecule has 0 aliphatic heterocycles. The van der Waals surface area contributed by atoms with Crippen LogP contribution in [0, 0.1) is 13.8 Å². The van der Waals surface area contributed by atoms with Crippen LogP contribution in [0.1, 0.15) is 16.1 Å². The third-order valence-electron chi connectivity index (χ3n) is 2.70. The lowest BCUT2D eigenvalue weighted by Gasteiger charge is -2.03. The molecule has 0 spiro atoms. The number of nitrogens with two attached hydrogens (primary N) is 1. The third-order valence-corrected chi connectivity index (χ3v) is 3.73. The third kappa shape index (κ3) is 3.20. The van der Waals surface area contributed by atoms with Gasteiger partial charge in [0.15, 0.2) is 5.13 Å². The Hall–Kier alpha value is -1.55. The van der Waals surface area contributed by atoms with E-state index in [-0.39, 0.29) is 0 Å². The predicted octanol–water partition coefficient (Wildman–Crippen LogP) is 3.00. The van der Waals surface area contributed by atoms with E-state index in [2.05, 4.69) is 29.4 Å². The molecular formula is C13H17N3S. The van der Waals surface area contributed by atoms with Gasteiger partial charge in [0.05, 0.1) is 5.69 Å². The molecule has 0 aliphatic rings. The van der Waals surface area contributed by atoms with Gasteiger partial charge in [0.25, 0.3) is 0 Å². The van der Waals surface area contributed by atoms with Gasteiger partial charge in [-0.3, -0.25) is 0 Å². The molecule has 0 amide bonds. The van der Waals surface area contributed by atoms with Crippen LogP contribution in [0.4, 0.5) is 10.8 Å². The van der Waals surface area contributed by atoms with Crippen molar-refractivity contribution in [2.75, 3.05) is 17.6 Å². The second-order valence-electron chi connectivity index (χ2n) is 4.08. The van der Waals surface area contributed by atoms with Crippen molar-refractivity contribution < 1.29 is 0 Å². The number of hydrogen-bond acceptors (Lipinski definition) is 4. The second kappa shape index (κ2) is 5.19. The summed E-state index contributed by atoms with van der Waals surface area (Å²) >= 11 is 1.71. The van der Waals surface area contributed by atoms with E-state index < -0.39 is 0 Å². The van der Waals surface area contributed by atoms with Crippen LogP contribution >= 0.6 is 11.3 Å². The first-order valence-electron chi connectivity index (χ1n) is 5.67. The van der Waals surface area contributed by atoms with Gasteiger partial charge in [-0.1, -0.05) is 12.1 Å². The highest BCUT2D eigenvalue weighted by molar-refractivity contribution is 7.15. The quantitative estimate of drug-likeness (QED) is 0.817. The van der Waals surface area contributed by atoms with Crippen LogP contribution in [0.15, 0.2) is 24.3 Å². The van der Waals surface area contributed by atoms with Crippen molar-refractivity contribution in [3.63, 3.8) is 0 Å². The summed E-state index contributed by atoms with van der Waals surface area (Å²) in [7, 11) is 0. The number of hydrogen-bond donors (Lipinski definition) is 2. The number of nitrogen functional groups attached to an aromatic ring is 1. The van der Waals surface area contributed by atoms with E-state index in [9.17, 15) is 0 Å². The molecule has 0 bridgehead atoms. The van der Waals surface area contributed by atoms with Crippen molar-refractivity contribution in [1.29, 1.82) is 0 Å². The maximum Gasteiger partial charge on any atom is 0.183 e. The van der Waals surface area contributed by atoms with E-state index >= 15 is 0 Å². The molecule has 3 N–H and O–H groups in total. The average Bonchev–Trinajstić information content (AvgIpc) is 2.61. The highest BCUT2D eigenvalue weighted by Gasteiger charge is 2.02. The topological polar surface area (TPSA) is 50.9 Å². The van der Waals surface area contributed by atoms with Gasteiger partial charge >= 0.3 is 0 Å². The van der Waals surface area contributed by atoms with Crippen molar-refractivity contribution in [2.24, 2.45) is 0 Å². The molecule has 0 fully saturated rings. The molecule has 0 atom stereocenters. The van der Waals surface area contributed by atoms with Crippen LogP contribution in [-0.4, -0.2) is 11.5 Å². The number of rotatable bonds is 4. The van der Waals surface area contributed by atoms with Crippen LogP contribution in [0.3, 0.4) is 0 Å². The maximum atomic E-state index is 5.64. The molecule has 0 saturated heterocycles. The minimum atomic E-state index is 0.813. The van der Waals surface area contributed by atoms with Crippen LogP contribution in [0.25, 0.3) is 0 Å². The Bertz CT molecular complexity index is 468. The van der Waals surface area contributed by atoms with Gasteiger partial charge < -0.3 is 11.1 Å². The van der Waals surface area contributed by atoms with Gasteiger partial charge in [-0.2, -0.15) is 0 Å². The molecule has 1 heterocycles. The van der Waals surface area contributed by atoms with Gasteiger partial charge in [0.1, 0.15) is 0 Å². The molecular weight excluding hydrogens is 230 g/mol. The summed E-state index contributed by atoms with van der Waals surface area (Å²) in [5.74, 6) is 0. The van der Waals surface area contributed by atoms with Crippen LogP contribution in [-0.2, 0) is 6.42 Å². The largest absolute Gasteiger partial charge is 0.399 e. The first kappa shape index (κ1) is 11.9. The van der Waals surface area contributed by atoms with E-state index in [1.807, 2.05) is 19.1 Å². The summed E-state index contributed by atoms with van der Waals surface area (Å²) in [6.45, 7) is 5.03. The molecule has 0 radical (unpaired) electrons. The molecule has 2 rings (SSSR count). The fraction of sp³-hybridized carbons (Fsp3) is 0.308. The van der Waals surface area contributed by atoms with E-state index in [1.165, 1.54) is 10.4 Å². The van der Waals surface area contributed by atoms with E-state index in [4.69, 9.17) is 5.73 Å². The summed E-state index contributed by atoms with van der Waals surface area (Å²) in [5, 5.41) is 4.36. The molecule has 0 aliphatic carbocycles. The maximum absolute atomic E-state index is 5.64. The lowest BCUT2D eigenvalue weighted by molar-refractivity contribution is 1.01. The molecule has 1 aromatic heterocycles. The number of anilines is 2. The molecule has 1 aromatic carbocycles. The SMILES string of the molecule is Cc1nc(NCCc2ccc(N)cc2)sc1C. The lowest BCUT2D eigenvalue weighted by Crippen LogP contribution is -2.04. The number of aryl methyl sites for hydroxylation is 2. The normalized spacial score (nSPS) is 10.5. The fourth-order valence-electron chi connectivity index (χ4n) is 1.55. The van der Waals surface area contributed by atoms with E-state index in [0.717, 1.165) is 29.5 Å². The Morgan fingerprint density at radius 3 is 2.53 bits per heavy atom. The minimum absolute atomic E-state index is 0.813. The Morgan fingerprint density at radius 1 is 1.24 bits per heavy atom. The smallest absolute Gasteiger partial charge is 0.183 e. The number of benzene rings is 1. The predicted molar refractivity (Wildman–Crippen MR) is 74.6 cm³/mol. The number of nitrogens with zero attached hydrogens (tertiary/aromatic N) is 1. The molecule has 17 heavy (non-hydrogen) atoms. The van der Waals surface area contributed by atoms with Crippen molar-refractivity contribution in [3.05, 3.63) is 40.4 Å². The Labute approximate surface area is 106 Å². The fourth-order valence-corrected chi connectivity index (χ4v) is 2.39. The monoisotopic (exact) mass is 247 g/mol. The summed E-state index contributed by atoms with van der Waals surface area (Å²) < 4.78 is 0. The van der Waals surface area contributed by atoms with Crippen molar-refractivity contribution >= 4 is 22.2 Å². The molecule has 90 valence electrons. The zero-order chi connectivity index (χ0) is 12.3. The van der Waals surface area contributed by atoms with Gasteiger partial charge in [0.2, 0.25) is 0 Å². The lowest BCUT2D eigenvalue weighted by atomic mass is 10.1. The zero-order valence-electron chi connectivity index (χ0n) is 10.2. The summed E-state index contributed by atoms with van der Waals surface area (Å²) in [6.07, 6.45) is 0.984. The number of aromatic nitrogens is 1. The minimum Gasteiger partial charge on any atom is -0.399 e. The summed E-state index contributed by atoms with van der Waals surface area (Å²) in [5.41, 5.74) is 8.86. The highest BCUT2D eigenvalue weighted by Crippen LogP contribution is 2.20. The first-order chi connectivity index (χ1) is 8.15. The van der Waals surface area contributed by atoms with Crippen LogP contribution in [0.5, 0.6) is 0 Å². The Morgan fingerprint density at radius 2 is 1.94 bits per heavy atom. The second-order valence-corrected chi connectivity index (χ2v) is 5.28. The highest BCUT2D eigenvalue weighted by atomic mass is 32.1. The summed E-state index contributed by atoms with van der Waals surface area (Å²) in [6, 6.07) is 8.00. The molecule has 3 nitrogen and oxygen atoms in total. The average molecular weight is 247 g/mol. The number of thiazole rings is 1. The van der Waals surface area contributed by atoms with Crippen molar-refractivity contribution in [2.45, 2.75) is 20.3 Å². The van der Waals surface area contributed by atoms with Crippen LogP contribution < -0.4 is 11.1 Å².